The van der Waals surface area contributed by atoms with Gasteiger partial charge in [-0.25, -0.2) is 0 Å². The minimum Gasteiger partial charge on any atom is -0.329 e. The zero-order chi connectivity index (χ0) is 13.3. The number of nitrogens with two attached hydrogens (primary N) is 1. The molecule has 0 rings (SSSR count). The van der Waals surface area contributed by atoms with Crippen LogP contribution in [0.15, 0.2) is 0 Å². The molecule has 2 unspecified atom stereocenters. The molecule has 2 N–H and O–H groups in total. The maximum Gasteiger partial charge on any atom is 0.0300 e. The zero-order valence-corrected chi connectivity index (χ0v) is 12.8. The molecule has 0 aromatic carbocycles. The van der Waals surface area contributed by atoms with Gasteiger partial charge in [-0.3, -0.25) is 4.90 Å². The van der Waals surface area contributed by atoms with Crippen LogP contribution in [0.4, 0.5) is 0 Å². The van der Waals surface area contributed by atoms with Gasteiger partial charge in [-0.05, 0) is 32.2 Å². The Labute approximate surface area is 109 Å². The molecular weight excluding hydrogens is 208 g/mol. The molecule has 0 saturated carbocycles. The molecule has 0 heterocycles. The van der Waals surface area contributed by atoms with Gasteiger partial charge in [0.1, 0.15) is 0 Å². The highest BCUT2D eigenvalue weighted by atomic mass is 15.2. The van der Waals surface area contributed by atoms with Crippen LogP contribution in [0.25, 0.3) is 0 Å². The summed E-state index contributed by atoms with van der Waals surface area (Å²) in [6, 6.07) is 0. The van der Waals surface area contributed by atoms with E-state index in [0.29, 0.717) is 0 Å². The van der Waals surface area contributed by atoms with Crippen LogP contribution in [-0.2, 0) is 0 Å². The van der Waals surface area contributed by atoms with Gasteiger partial charge < -0.3 is 5.73 Å². The van der Waals surface area contributed by atoms with E-state index in [1.807, 2.05) is 0 Å². The molecule has 0 spiro atoms. The summed E-state index contributed by atoms with van der Waals surface area (Å²) in [6.45, 7) is 14.5. The first kappa shape index (κ1) is 16.9. The number of hydrogen-bond acceptors (Lipinski definition) is 2. The highest BCUT2D eigenvalue weighted by Gasteiger charge is 2.28. The van der Waals surface area contributed by atoms with Gasteiger partial charge in [-0.1, -0.05) is 47.0 Å². The Morgan fingerprint density at radius 3 is 2.18 bits per heavy atom. The van der Waals surface area contributed by atoms with Gasteiger partial charge >= 0.3 is 0 Å². The van der Waals surface area contributed by atoms with E-state index in [9.17, 15) is 0 Å². The summed E-state index contributed by atoms with van der Waals surface area (Å²) in [7, 11) is 0. The maximum absolute atomic E-state index is 5.97. The molecule has 17 heavy (non-hydrogen) atoms. The molecular formula is C15H34N2. The highest BCUT2D eigenvalue weighted by molar-refractivity contribution is 4.86. The molecule has 0 saturated heterocycles. The average Bonchev–Trinajstić information content (AvgIpc) is 2.38. The lowest BCUT2D eigenvalue weighted by Crippen LogP contribution is -2.52. The summed E-state index contributed by atoms with van der Waals surface area (Å²) in [5.74, 6) is 0.840. The SMILES string of the molecule is CCCCC(CC)CN(CC)C(C)(CC)CN. The van der Waals surface area contributed by atoms with Gasteiger partial charge in [-0.15, -0.1) is 0 Å². The summed E-state index contributed by atoms with van der Waals surface area (Å²) in [5, 5.41) is 0. The van der Waals surface area contributed by atoms with E-state index in [1.54, 1.807) is 0 Å². The Kier molecular flexibility index (Phi) is 8.89. The van der Waals surface area contributed by atoms with Crippen LogP contribution in [-0.4, -0.2) is 30.1 Å². The van der Waals surface area contributed by atoms with Crippen LogP contribution in [0, 0.1) is 5.92 Å². The largest absolute Gasteiger partial charge is 0.329 e. The van der Waals surface area contributed by atoms with E-state index < -0.39 is 0 Å². The van der Waals surface area contributed by atoms with Crippen LogP contribution in [0.1, 0.15) is 66.7 Å². The van der Waals surface area contributed by atoms with Gasteiger partial charge in [0.05, 0.1) is 0 Å². The Morgan fingerprint density at radius 2 is 1.82 bits per heavy atom. The molecule has 0 aliphatic carbocycles. The Balaban J connectivity index is 4.44. The van der Waals surface area contributed by atoms with Crippen molar-refractivity contribution in [2.75, 3.05) is 19.6 Å². The number of rotatable bonds is 10. The third-order valence-corrected chi connectivity index (χ3v) is 4.37. The van der Waals surface area contributed by atoms with Gasteiger partial charge in [-0.2, -0.15) is 0 Å². The lowest BCUT2D eigenvalue weighted by molar-refractivity contribution is 0.0886. The van der Waals surface area contributed by atoms with Gasteiger partial charge in [0.2, 0.25) is 0 Å². The van der Waals surface area contributed by atoms with Crippen LogP contribution in [0.3, 0.4) is 0 Å². The van der Waals surface area contributed by atoms with Crippen molar-refractivity contribution >= 4 is 0 Å². The number of hydrogen-bond donors (Lipinski definition) is 1. The first-order chi connectivity index (χ1) is 8.07. The van der Waals surface area contributed by atoms with E-state index >= 15 is 0 Å². The zero-order valence-electron chi connectivity index (χ0n) is 12.8. The molecule has 0 aromatic rings. The summed E-state index contributed by atoms with van der Waals surface area (Å²) >= 11 is 0. The maximum atomic E-state index is 5.97. The summed E-state index contributed by atoms with van der Waals surface area (Å²) in [5.41, 5.74) is 6.16. The summed E-state index contributed by atoms with van der Waals surface area (Å²) in [4.78, 5) is 2.59. The molecule has 0 fully saturated rings. The van der Waals surface area contributed by atoms with Crippen LogP contribution in [0.2, 0.25) is 0 Å². The fourth-order valence-electron chi connectivity index (χ4n) is 2.46. The number of unbranched alkanes of at least 4 members (excludes halogenated alkanes) is 1. The lowest BCUT2D eigenvalue weighted by Gasteiger charge is -2.41. The summed E-state index contributed by atoms with van der Waals surface area (Å²) < 4.78 is 0. The molecule has 0 aliphatic heterocycles. The highest BCUT2D eigenvalue weighted by Crippen LogP contribution is 2.22. The van der Waals surface area contributed by atoms with Crippen molar-refractivity contribution in [1.29, 1.82) is 0 Å². The predicted octanol–water partition coefficient (Wildman–Crippen LogP) is 3.65. The monoisotopic (exact) mass is 242 g/mol. The summed E-state index contributed by atoms with van der Waals surface area (Å²) in [6.07, 6.45) is 6.47. The van der Waals surface area contributed by atoms with Crippen molar-refractivity contribution in [2.45, 2.75) is 72.3 Å². The molecule has 0 aliphatic rings. The van der Waals surface area contributed by atoms with E-state index in [-0.39, 0.29) is 5.54 Å². The molecule has 104 valence electrons. The van der Waals surface area contributed by atoms with Gasteiger partial charge in [0.15, 0.2) is 0 Å². The van der Waals surface area contributed by atoms with E-state index in [1.165, 1.54) is 32.2 Å². The third-order valence-electron chi connectivity index (χ3n) is 4.37. The Bertz CT molecular complexity index is 176. The van der Waals surface area contributed by atoms with Crippen molar-refractivity contribution in [3.63, 3.8) is 0 Å². The molecule has 0 aromatic heterocycles. The van der Waals surface area contributed by atoms with Crippen LogP contribution < -0.4 is 5.73 Å². The fourth-order valence-corrected chi connectivity index (χ4v) is 2.46. The second-order valence-corrected chi connectivity index (χ2v) is 5.51. The van der Waals surface area contributed by atoms with Gasteiger partial charge in [0.25, 0.3) is 0 Å². The second kappa shape index (κ2) is 8.93. The molecule has 0 amide bonds. The number of nitrogens with zero attached hydrogens (tertiary/aromatic N) is 1. The third kappa shape index (κ3) is 5.39. The Hall–Kier alpha value is -0.0800. The Morgan fingerprint density at radius 1 is 1.18 bits per heavy atom. The molecule has 0 bridgehead atoms. The smallest absolute Gasteiger partial charge is 0.0300 e. The molecule has 2 atom stereocenters. The normalized spacial score (nSPS) is 17.1. The first-order valence-electron chi connectivity index (χ1n) is 7.52. The van der Waals surface area contributed by atoms with Crippen molar-refractivity contribution in [1.82, 2.24) is 4.90 Å². The second-order valence-electron chi connectivity index (χ2n) is 5.51. The van der Waals surface area contributed by atoms with Crippen molar-refractivity contribution in [3.8, 4) is 0 Å². The molecule has 2 nitrogen and oxygen atoms in total. The standard InChI is InChI=1S/C15H34N2/c1-6-10-11-14(7-2)12-17(9-4)15(5,8-3)13-16/h14H,6-13,16H2,1-5H3. The van der Waals surface area contributed by atoms with E-state index in [0.717, 1.165) is 25.4 Å². The lowest BCUT2D eigenvalue weighted by atomic mass is 9.92. The topological polar surface area (TPSA) is 29.3 Å². The fraction of sp³-hybridized carbons (Fsp3) is 1.00. The first-order valence-corrected chi connectivity index (χ1v) is 7.52. The van der Waals surface area contributed by atoms with Crippen molar-refractivity contribution in [2.24, 2.45) is 11.7 Å². The van der Waals surface area contributed by atoms with E-state index in [4.69, 9.17) is 5.73 Å². The minimum atomic E-state index is 0.189. The molecule has 0 radical (unpaired) electrons. The van der Waals surface area contributed by atoms with Gasteiger partial charge in [0, 0.05) is 18.6 Å². The number of likely N-dealkylation sites (N-methyl/N-ethyl adjacent to an activating group) is 1. The van der Waals surface area contributed by atoms with Crippen LogP contribution >= 0.6 is 0 Å². The average molecular weight is 242 g/mol. The quantitative estimate of drug-likeness (QED) is 0.633. The van der Waals surface area contributed by atoms with Crippen LogP contribution in [0.5, 0.6) is 0 Å². The molecule has 2 heteroatoms. The predicted molar refractivity (Wildman–Crippen MR) is 78.3 cm³/mol. The van der Waals surface area contributed by atoms with Crippen molar-refractivity contribution in [3.05, 3.63) is 0 Å². The van der Waals surface area contributed by atoms with Crippen molar-refractivity contribution < 1.29 is 0 Å². The minimum absolute atomic E-state index is 0.189. The van der Waals surface area contributed by atoms with E-state index in [2.05, 4.69) is 39.5 Å².